The minimum absolute atomic E-state index is 0.128. The molecule has 1 N–H and O–H groups in total. The topological polar surface area (TPSA) is 50.2 Å². The molecule has 4 aromatic rings. The number of hydrogen-bond acceptors (Lipinski definition) is 4. The Morgan fingerprint density at radius 2 is 1.73 bits per heavy atom. The number of aromatic nitrogens is 2. The number of carbonyl (C=O) groups excluding carboxylic acids is 1. The van der Waals surface area contributed by atoms with Crippen LogP contribution < -0.4 is 10.4 Å². The molecule has 2 aromatic carbocycles. The van der Waals surface area contributed by atoms with Gasteiger partial charge in [-0.3, -0.25) is 15.2 Å². The molecule has 0 radical (unpaired) electrons. The van der Waals surface area contributed by atoms with Crippen LogP contribution in [0.1, 0.15) is 15.4 Å². The van der Waals surface area contributed by atoms with E-state index in [1.54, 1.807) is 5.01 Å². The van der Waals surface area contributed by atoms with Gasteiger partial charge < -0.3 is 0 Å². The van der Waals surface area contributed by atoms with Crippen LogP contribution in [0.25, 0.3) is 15.9 Å². The molecule has 0 spiro atoms. The number of amides is 1. The Kier molecular flexibility index (Phi) is 4.18. The van der Waals surface area contributed by atoms with Gasteiger partial charge in [0.1, 0.15) is 4.83 Å². The fourth-order valence-electron chi connectivity index (χ4n) is 2.83. The summed E-state index contributed by atoms with van der Waals surface area (Å²) in [5.41, 5.74) is 5.74. The predicted molar refractivity (Wildman–Crippen MR) is 106 cm³/mol. The van der Waals surface area contributed by atoms with E-state index in [9.17, 15) is 4.79 Å². The monoisotopic (exact) mass is 362 g/mol. The molecular formula is C20H18N4OS. The Hall–Kier alpha value is -3.12. The number of thiophene rings is 1. The summed E-state index contributed by atoms with van der Waals surface area (Å²) in [6.45, 7) is 1.96. The summed E-state index contributed by atoms with van der Waals surface area (Å²) in [6.07, 6.45) is 0. The highest BCUT2D eigenvalue weighted by Gasteiger charge is 2.18. The van der Waals surface area contributed by atoms with Gasteiger partial charge in [-0.25, -0.2) is 4.68 Å². The number of para-hydroxylation sites is 2. The van der Waals surface area contributed by atoms with Gasteiger partial charge in [0.15, 0.2) is 0 Å². The average Bonchev–Trinajstić information content (AvgIpc) is 3.24. The SMILES string of the molecule is Cc1nn(-c2ccccc2)c2sc(C(=O)NN(C)c3ccccc3)cc12. The zero-order valence-electron chi connectivity index (χ0n) is 14.5. The molecule has 0 saturated heterocycles. The summed E-state index contributed by atoms with van der Waals surface area (Å²) < 4.78 is 1.90. The van der Waals surface area contributed by atoms with Crippen LogP contribution in [-0.4, -0.2) is 22.7 Å². The number of hydrazine groups is 1. The van der Waals surface area contributed by atoms with Crippen LogP contribution in [0.5, 0.6) is 0 Å². The molecule has 0 atom stereocenters. The lowest BCUT2D eigenvalue weighted by Gasteiger charge is -2.19. The molecule has 0 bridgehead atoms. The van der Waals surface area contributed by atoms with Crippen molar-refractivity contribution in [1.82, 2.24) is 15.2 Å². The molecule has 130 valence electrons. The van der Waals surface area contributed by atoms with Crippen LogP contribution in [-0.2, 0) is 0 Å². The molecular weight excluding hydrogens is 344 g/mol. The third-order valence-corrected chi connectivity index (χ3v) is 5.29. The summed E-state index contributed by atoms with van der Waals surface area (Å²) in [6, 6.07) is 21.6. The molecule has 1 amide bonds. The Morgan fingerprint density at radius 1 is 1.08 bits per heavy atom. The first-order valence-corrected chi connectivity index (χ1v) is 9.09. The highest BCUT2D eigenvalue weighted by Crippen LogP contribution is 2.30. The summed E-state index contributed by atoms with van der Waals surface area (Å²) >= 11 is 1.45. The molecule has 0 aliphatic carbocycles. The van der Waals surface area contributed by atoms with Crippen molar-refractivity contribution >= 4 is 33.1 Å². The van der Waals surface area contributed by atoms with Crippen molar-refractivity contribution in [3.05, 3.63) is 77.3 Å². The highest BCUT2D eigenvalue weighted by molar-refractivity contribution is 7.20. The quantitative estimate of drug-likeness (QED) is 0.554. The van der Waals surface area contributed by atoms with Gasteiger partial charge >= 0.3 is 0 Å². The second-order valence-corrected chi connectivity index (χ2v) is 7.03. The Bertz CT molecular complexity index is 1050. The number of nitrogens with one attached hydrogen (secondary N) is 1. The molecule has 26 heavy (non-hydrogen) atoms. The molecule has 0 aliphatic heterocycles. The maximum absolute atomic E-state index is 12.7. The first kappa shape index (κ1) is 16.4. The molecule has 0 fully saturated rings. The maximum Gasteiger partial charge on any atom is 0.279 e. The second-order valence-electron chi connectivity index (χ2n) is 6.00. The number of nitrogens with zero attached hydrogens (tertiary/aromatic N) is 3. The minimum Gasteiger partial charge on any atom is -0.288 e. The van der Waals surface area contributed by atoms with Crippen molar-refractivity contribution in [3.63, 3.8) is 0 Å². The molecule has 0 saturated carbocycles. The lowest BCUT2D eigenvalue weighted by atomic mass is 10.3. The van der Waals surface area contributed by atoms with Crippen molar-refractivity contribution in [2.24, 2.45) is 0 Å². The van der Waals surface area contributed by atoms with E-state index < -0.39 is 0 Å². The van der Waals surface area contributed by atoms with Crippen molar-refractivity contribution in [1.29, 1.82) is 0 Å². The number of aryl methyl sites for hydroxylation is 1. The normalized spacial score (nSPS) is 10.8. The van der Waals surface area contributed by atoms with E-state index in [0.29, 0.717) is 4.88 Å². The minimum atomic E-state index is -0.128. The smallest absolute Gasteiger partial charge is 0.279 e. The summed E-state index contributed by atoms with van der Waals surface area (Å²) in [7, 11) is 1.83. The summed E-state index contributed by atoms with van der Waals surface area (Å²) in [4.78, 5) is 14.3. The first-order chi connectivity index (χ1) is 12.6. The molecule has 4 rings (SSSR count). The average molecular weight is 362 g/mol. The van der Waals surface area contributed by atoms with E-state index in [1.807, 2.05) is 85.4 Å². The van der Waals surface area contributed by atoms with E-state index in [1.165, 1.54) is 11.3 Å². The van der Waals surface area contributed by atoms with E-state index in [0.717, 1.165) is 27.3 Å². The van der Waals surface area contributed by atoms with E-state index in [-0.39, 0.29) is 5.91 Å². The number of fused-ring (bicyclic) bond motifs is 1. The maximum atomic E-state index is 12.7. The Morgan fingerprint density at radius 3 is 2.42 bits per heavy atom. The largest absolute Gasteiger partial charge is 0.288 e. The van der Waals surface area contributed by atoms with Gasteiger partial charge in [-0.2, -0.15) is 5.10 Å². The van der Waals surface area contributed by atoms with Crippen molar-refractivity contribution in [2.45, 2.75) is 6.92 Å². The lowest BCUT2D eigenvalue weighted by molar-refractivity contribution is 0.0955. The zero-order chi connectivity index (χ0) is 18.1. The van der Waals surface area contributed by atoms with Gasteiger partial charge in [0.2, 0.25) is 0 Å². The fraction of sp³-hybridized carbons (Fsp3) is 0.100. The number of hydrogen-bond donors (Lipinski definition) is 1. The number of benzene rings is 2. The third-order valence-electron chi connectivity index (χ3n) is 4.18. The van der Waals surface area contributed by atoms with Gasteiger partial charge in [-0.15, -0.1) is 11.3 Å². The van der Waals surface area contributed by atoms with Crippen LogP contribution in [0.15, 0.2) is 66.7 Å². The molecule has 0 aliphatic rings. The summed E-state index contributed by atoms with van der Waals surface area (Å²) in [5.74, 6) is -0.128. The second kappa shape index (κ2) is 6.65. The third kappa shape index (κ3) is 2.95. The van der Waals surface area contributed by atoms with Gasteiger partial charge in [-0.05, 0) is 37.3 Å². The van der Waals surface area contributed by atoms with Crippen molar-refractivity contribution in [3.8, 4) is 5.69 Å². The van der Waals surface area contributed by atoms with Crippen LogP contribution in [0.2, 0.25) is 0 Å². The van der Waals surface area contributed by atoms with Gasteiger partial charge in [-0.1, -0.05) is 36.4 Å². The lowest BCUT2D eigenvalue weighted by Crippen LogP contribution is -2.38. The van der Waals surface area contributed by atoms with E-state index in [2.05, 4.69) is 10.5 Å². The van der Waals surface area contributed by atoms with Crippen LogP contribution >= 0.6 is 11.3 Å². The molecule has 6 heteroatoms. The fourth-order valence-corrected chi connectivity index (χ4v) is 3.90. The molecule has 5 nitrogen and oxygen atoms in total. The number of anilines is 1. The number of carbonyl (C=O) groups is 1. The van der Waals surface area contributed by atoms with Gasteiger partial charge in [0.05, 0.1) is 21.9 Å². The van der Waals surface area contributed by atoms with Crippen LogP contribution in [0.3, 0.4) is 0 Å². The zero-order valence-corrected chi connectivity index (χ0v) is 15.3. The Balaban J connectivity index is 1.64. The van der Waals surface area contributed by atoms with Crippen molar-refractivity contribution in [2.75, 3.05) is 12.1 Å². The van der Waals surface area contributed by atoms with Crippen LogP contribution in [0, 0.1) is 6.92 Å². The standard InChI is InChI=1S/C20H18N4OS/c1-14-17-13-18(19(25)22-23(2)15-9-5-3-6-10-15)26-20(17)24(21-14)16-11-7-4-8-12-16/h3-13H,1-2H3,(H,22,25). The Labute approximate surface area is 155 Å². The molecule has 0 unspecified atom stereocenters. The summed E-state index contributed by atoms with van der Waals surface area (Å²) in [5, 5.41) is 7.35. The van der Waals surface area contributed by atoms with E-state index >= 15 is 0 Å². The van der Waals surface area contributed by atoms with E-state index in [4.69, 9.17) is 0 Å². The van der Waals surface area contributed by atoms with Gasteiger partial charge in [0, 0.05) is 12.4 Å². The first-order valence-electron chi connectivity index (χ1n) is 8.28. The van der Waals surface area contributed by atoms with Gasteiger partial charge in [0.25, 0.3) is 5.91 Å². The van der Waals surface area contributed by atoms with Crippen LogP contribution in [0.4, 0.5) is 5.69 Å². The molecule has 2 heterocycles. The predicted octanol–water partition coefficient (Wildman–Crippen LogP) is 4.18. The van der Waals surface area contributed by atoms with Crippen molar-refractivity contribution < 1.29 is 4.79 Å². The number of rotatable bonds is 4. The molecule has 2 aromatic heterocycles. The highest BCUT2D eigenvalue weighted by atomic mass is 32.1.